The van der Waals surface area contributed by atoms with Gasteiger partial charge in [0.05, 0.1) is 11.9 Å². The summed E-state index contributed by atoms with van der Waals surface area (Å²) >= 11 is 0. The van der Waals surface area contributed by atoms with Crippen molar-refractivity contribution in [1.29, 1.82) is 0 Å². The maximum atomic E-state index is 4.70. The second-order valence-electron chi connectivity index (χ2n) is 7.64. The molecule has 146 valence electrons. The highest BCUT2D eigenvalue weighted by Crippen LogP contribution is 2.37. The zero-order valence-corrected chi connectivity index (χ0v) is 16.7. The summed E-state index contributed by atoms with van der Waals surface area (Å²) in [5.74, 6) is 2.22. The zero-order chi connectivity index (χ0) is 17.2. The fraction of sp³-hybridized carbons (Fsp3) is 0.429. The molecule has 3 aliphatic heterocycles. The molecule has 3 unspecified atom stereocenters. The highest BCUT2D eigenvalue weighted by atomic mass is 35.5. The van der Waals surface area contributed by atoms with Crippen LogP contribution in [0.3, 0.4) is 0 Å². The first kappa shape index (κ1) is 21.4. The molecular formula is C21H29ClN4O. The lowest BCUT2D eigenvalue weighted by atomic mass is 9.82. The van der Waals surface area contributed by atoms with Crippen molar-refractivity contribution in [3.63, 3.8) is 0 Å². The van der Waals surface area contributed by atoms with Crippen LogP contribution < -0.4 is 5.32 Å². The molecule has 0 amide bonds. The number of rotatable bonds is 4. The Kier molecular flexibility index (Phi) is 7.36. The Hall–Kier alpha value is -1.95. The number of aromatic nitrogens is 3. The number of halogens is 1. The van der Waals surface area contributed by atoms with Crippen LogP contribution in [-0.4, -0.2) is 26.5 Å². The number of H-pyrrole nitrogens is 1. The third-order valence-electron chi connectivity index (χ3n) is 5.19. The van der Waals surface area contributed by atoms with E-state index in [-0.39, 0.29) is 17.9 Å². The van der Waals surface area contributed by atoms with Crippen LogP contribution in [-0.2, 0) is 0 Å². The van der Waals surface area contributed by atoms with Gasteiger partial charge >= 0.3 is 0 Å². The van der Waals surface area contributed by atoms with E-state index in [4.69, 9.17) is 4.98 Å². The van der Waals surface area contributed by atoms with Gasteiger partial charge in [0.25, 0.3) is 0 Å². The van der Waals surface area contributed by atoms with Gasteiger partial charge in [0.15, 0.2) is 0 Å². The number of hydrogen-bond acceptors (Lipinski definition) is 3. The maximum absolute atomic E-state index is 4.70. The fourth-order valence-corrected chi connectivity index (χ4v) is 4.08. The molecule has 3 aliphatic rings. The van der Waals surface area contributed by atoms with E-state index >= 15 is 0 Å². The molecule has 3 heterocycles. The summed E-state index contributed by atoms with van der Waals surface area (Å²) in [5, 5.41) is 3.88. The highest BCUT2D eigenvalue weighted by Gasteiger charge is 2.31. The van der Waals surface area contributed by atoms with Crippen LogP contribution >= 0.6 is 12.4 Å². The van der Waals surface area contributed by atoms with Gasteiger partial charge in [0.1, 0.15) is 11.5 Å². The van der Waals surface area contributed by atoms with Gasteiger partial charge in [-0.25, -0.2) is 4.98 Å². The van der Waals surface area contributed by atoms with Gasteiger partial charge in [0.2, 0.25) is 0 Å². The molecule has 0 aliphatic carbocycles. The van der Waals surface area contributed by atoms with Crippen LogP contribution in [0.4, 0.5) is 0 Å². The lowest BCUT2D eigenvalue weighted by Crippen LogP contribution is -2.41. The third kappa shape index (κ3) is 4.86. The van der Waals surface area contributed by atoms with Crippen molar-refractivity contribution in [1.82, 2.24) is 20.3 Å². The van der Waals surface area contributed by atoms with Crippen LogP contribution in [0.25, 0.3) is 11.4 Å². The number of nitrogens with zero attached hydrogens (tertiary/aromatic N) is 2. The lowest BCUT2D eigenvalue weighted by Gasteiger charge is -2.37. The van der Waals surface area contributed by atoms with Crippen molar-refractivity contribution in [2.45, 2.75) is 51.1 Å². The van der Waals surface area contributed by atoms with Gasteiger partial charge in [-0.2, -0.15) is 0 Å². The monoisotopic (exact) mass is 388 g/mol. The Morgan fingerprint density at radius 3 is 2.59 bits per heavy atom. The van der Waals surface area contributed by atoms with Gasteiger partial charge in [-0.05, 0) is 36.8 Å². The highest BCUT2D eigenvalue weighted by molar-refractivity contribution is 5.85. The van der Waals surface area contributed by atoms with Crippen LogP contribution in [0.5, 0.6) is 0 Å². The van der Waals surface area contributed by atoms with Crippen molar-refractivity contribution >= 4 is 12.4 Å². The Balaban J connectivity index is 0.00000131. The summed E-state index contributed by atoms with van der Waals surface area (Å²) in [7, 11) is 0. The Bertz CT molecular complexity index is 792. The molecular weight excluding hydrogens is 360 g/mol. The summed E-state index contributed by atoms with van der Waals surface area (Å²) in [6.45, 7) is 4.60. The zero-order valence-electron chi connectivity index (χ0n) is 15.9. The largest absolute Gasteiger partial charge is 0.412 e. The number of hydrogen-bond donors (Lipinski definition) is 2. The molecule has 4 rings (SSSR count). The van der Waals surface area contributed by atoms with Crippen molar-refractivity contribution in [2.24, 2.45) is 5.92 Å². The third-order valence-corrected chi connectivity index (χ3v) is 5.19. The number of fused-ring (bicyclic) bond motifs is 1. The molecule has 27 heavy (non-hydrogen) atoms. The van der Waals surface area contributed by atoms with Gasteiger partial charge < -0.3 is 15.8 Å². The average molecular weight is 389 g/mol. The van der Waals surface area contributed by atoms with Gasteiger partial charge in [0, 0.05) is 24.2 Å². The maximum Gasteiger partial charge on any atom is 0.109 e. The van der Waals surface area contributed by atoms with E-state index in [1.807, 2.05) is 18.5 Å². The molecule has 0 saturated carbocycles. The molecule has 5 nitrogen and oxygen atoms in total. The van der Waals surface area contributed by atoms with E-state index in [0.717, 1.165) is 30.1 Å². The minimum absolute atomic E-state index is 0. The summed E-state index contributed by atoms with van der Waals surface area (Å²) in [6.07, 6.45) is 7.13. The van der Waals surface area contributed by atoms with Crippen LogP contribution in [0, 0.1) is 5.92 Å². The van der Waals surface area contributed by atoms with E-state index in [1.54, 1.807) is 0 Å². The molecule has 1 saturated heterocycles. The van der Waals surface area contributed by atoms with E-state index < -0.39 is 0 Å². The van der Waals surface area contributed by atoms with Crippen LogP contribution in [0.2, 0.25) is 0 Å². The average Bonchev–Trinajstić information content (AvgIpc) is 3.09. The van der Waals surface area contributed by atoms with E-state index in [1.165, 1.54) is 12.0 Å². The SMILES string of the molecule is CC(C)CC1CC(c2ncc3nccc-3[nH]2)CC(c2ccccc2)N1.Cl.O. The quantitative estimate of drug-likeness (QED) is 0.704. The van der Waals surface area contributed by atoms with Gasteiger partial charge in [-0.3, -0.25) is 4.98 Å². The predicted octanol–water partition coefficient (Wildman–Crippen LogP) is 4.13. The minimum Gasteiger partial charge on any atom is -0.412 e. The first-order valence-corrected chi connectivity index (χ1v) is 9.29. The van der Waals surface area contributed by atoms with E-state index in [2.05, 4.69) is 59.5 Å². The molecule has 0 bridgehead atoms. The molecule has 0 radical (unpaired) electrons. The second kappa shape index (κ2) is 9.31. The van der Waals surface area contributed by atoms with Crippen molar-refractivity contribution in [3.8, 4) is 11.4 Å². The summed E-state index contributed by atoms with van der Waals surface area (Å²) in [5.41, 5.74) is 3.40. The number of aromatic amines is 1. The van der Waals surface area contributed by atoms with E-state index in [9.17, 15) is 0 Å². The minimum atomic E-state index is 0. The predicted molar refractivity (Wildman–Crippen MR) is 111 cm³/mol. The normalized spacial score (nSPS) is 22.3. The number of piperidine rings is 1. The summed E-state index contributed by atoms with van der Waals surface area (Å²) in [6, 6.07) is 13.7. The lowest BCUT2D eigenvalue weighted by molar-refractivity contribution is 0.258. The molecule has 6 heteroatoms. The fourth-order valence-electron chi connectivity index (χ4n) is 4.08. The van der Waals surface area contributed by atoms with Crippen molar-refractivity contribution in [3.05, 3.63) is 60.2 Å². The van der Waals surface area contributed by atoms with Crippen LogP contribution in [0.15, 0.2) is 48.8 Å². The molecule has 1 fully saturated rings. The molecule has 1 aromatic carbocycles. The Labute approximate surface area is 167 Å². The first-order chi connectivity index (χ1) is 12.2. The summed E-state index contributed by atoms with van der Waals surface area (Å²) in [4.78, 5) is 12.5. The standard InChI is InChI=1S/C21H26N4.ClH.H2O/c1-14(2)10-17-11-16(12-19(24-17)15-6-4-3-5-7-15)21-23-13-20-18(25-21)8-9-22-20;;/h3-9,13-14,16-17,19,24H,10-12H2,1-2H3,(H,23,25);1H;1H2. The van der Waals surface area contributed by atoms with Crippen LogP contribution in [0.1, 0.15) is 56.5 Å². The second-order valence-corrected chi connectivity index (χ2v) is 7.64. The smallest absolute Gasteiger partial charge is 0.109 e. The first-order valence-electron chi connectivity index (χ1n) is 9.29. The van der Waals surface area contributed by atoms with Crippen molar-refractivity contribution in [2.75, 3.05) is 0 Å². The van der Waals surface area contributed by atoms with E-state index in [0.29, 0.717) is 23.9 Å². The van der Waals surface area contributed by atoms with Crippen molar-refractivity contribution < 1.29 is 5.48 Å². The van der Waals surface area contributed by atoms with Gasteiger partial charge in [-0.15, -0.1) is 12.4 Å². The summed E-state index contributed by atoms with van der Waals surface area (Å²) < 4.78 is 0. The molecule has 3 atom stereocenters. The molecule has 0 aromatic heterocycles. The number of nitrogens with one attached hydrogen (secondary N) is 2. The number of benzene rings is 1. The van der Waals surface area contributed by atoms with Gasteiger partial charge in [-0.1, -0.05) is 44.2 Å². The molecule has 0 spiro atoms. The molecule has 4 N–H and O–H groups in total. The Morgan fingerprint density at radius 2 is 1.85 bits per heavy atom. The molecule has 1 aromatic rings. The topological polar surface area (TPSA) is 85.1 Å². The Morgan fingerprint density at radius 1 is 1.07 bits per heavy atom.